The van der Waals surface area contributed by atoms with Gasteiger partial charge in [-0.15, -0.1) is 0 Å². The lowest BCUT2D eigenvalue weighted by Crippen LogP contribution is -2.39. The summed E-state index contributed by atoms with van der Waals surface area (Å²) in [7, 11) is 0. The molecule has 0 aliphatic carbocycles. The number of aromatic nitrogens is 4. The van der Waals surface area contributed by atoms with Gasteiger partial charge in [0.15, 0.2) is 0 Å². The van der Waals surface area contributed by atoms with Gasteiger partial charge >= 0.3 is 5.97 Å². The molecule has 1 aliphatic rings. The molecule has 0 atom stereocenters. The number of aromatic carboxylic acids is 1. The van der Waals surface area contributed by atoms with Crippen LogP contribution in [0.2, 0.25) is 0 Å². The van der Waals surface area contributed by atoms with Crippen LogP contribution in [0.25, 0.3) is 0 Å². The minimum absolute atomic E-state index is 0.0228. The van der Waals surface area contributed by atoms with Crippen molar-refractivity contribution in [3.8, 4) is 0 Å². The number of hydrogen-bond donors (Lipinski definition) is 1. The molecule has 1 aliphatic heterocycles. The van der Waals surface area contributed by atoms with Crippen molar-refractivity contribution in [2.24, 2.45) is 0 Å². The van der Waals surface area contributed by atoms with E-state index in [0.29, 0.717) is 30.9 Å². The van der Waals surface area contributed by atoms with Gasteiger partial charge in [0, 0.05) is 31.0 Å². The zero-order valence-corrected chi connectivity index (χ0v) is 16.2. The fourth-order valence-corrected chi connectivity index (χ4v) is 3.92. The molecule has 0 saturated carbocycles. The highest BCUT2D eigenvalue weighted by molar-refractivity contribution is 5.95. The quantitative estimate of drug-likeness (QED) is 0.719. The third-order valence-electron chi connectivity index (χ3n) is 5.51. The molecule has 4 rings (SSSR count). The Balaban J connectivity index is 1.45. The lowest BCUT2D eigenvalue weighted by Gasteiger charge is -2.33. The fourth-order valence-electron chi connectivity index (χ4n) is 3.92. The first-order valence-corrected chi connectivity index (χ1v) is 9.66. The Morgan fingerprint density at radius 3 is 2.52 bits per heavy atom. The molecule has 8 nitrogen and oxygen atoms in total. The van der Waals surface area contributed by atoms with Crippen LogP contribution in [0.15, 0.2) is 48.9 Å². The first-order chi connectivity index (χ1) is 14.0. The van der Waals surface area contributed by atoms with Crippen LogP contribution < -0.4 is 0 Å². The third-order valence-corrected chi connectivity index (χ3v) is 5.51. The number of benzene rings is 1. The molecule has 3 aromatic rings. The van der Waals surface area contributed by atoms with Crippen LogP contribution >= 0.6 is 0 Å². The first kappa shape index (κ1) is 18.9. The highest BCUT2D eigenvalue weighted by Crippen LogP contribution is 2.26. The van der Waals surface area contributed by atoms with Gasteiger partial charge < -0.3 is 10.0 Å². The molecule has 2 aromatic heterocycles. The molecular weight excluding hydrogens is 370 g/mol. The van der Waals surface area contributed by atoms with Crippen molar-refractivity contribution in [2.75, 3.05) is 13.1 Å². The van der Waals surface area contributed by atoms with Gasteiger partial charge in [-0.3, -0.25) is 14.2 Å². The van der Waals surface area contributed by atoms with E-state index in [1.54, 1.807) is 22.5 Å². The number of nitrogens with zero attached hydrogens (tertiary/aromatic N) is 5. The Morgan fingerprint density at radius 1 is 1.10 bits per heavy atom. The van der Waals surface area contributed by atoms with Crippen LogP contribution in [0.4, 0.5) is 0 Å². The molecule has 3 heterocycles. The summed E-state index contributed by atoms with van der Waals surface area (Å²) in [6.45, 7) is 3.55. The largest absolute Gasteiger partial charge is 0.478 e. The fraction of sp³-hybridized carbons (Fsp3) is 0.333. The van der Waals surface area contributed by atoms with E-state index in [9.17, 15) is 14.7 Å². The van der Waals surface area contributed by atoms with E-state index < -0.39 is 5.97 Å². The molecule has 0 bridgehead atoms. The minimum Gasteiger partial charge on any atom is -0.478 e. The van der Waals surface area contributed by atoms with Gasteiger partial charge in [-0.1, -0.05) is 18.2 Å². The monoisotopic (exact) mass is 393 g/mol. The van der Waals surface area contributed by atoms with Crippen molar-refractivity contribution in [2.45, 2.75) is 32.4 Å². The molecule has 0 radical (unpaired) electrons. The average molecular weight is 393 g/mol. The van der Waals surface area contributed by atoms with Gasteiger partial charge in [-0.25, -0.2) is 4.79 Å². The van der Waals surface area contributed by atoms with Crippen LogP contribution in [-0.2, 0) is 6.54 Å². The predicted molar refractivity (Wildman–Crippen MR) is 106 cm³/mol. The predicted octanol–water partition coefficient (Wildman–Crippen LogP) is 2.61. The highest BCUT2D eigenvalue weighted by atomic mass is 16.4. The summed E-state index contributed by atoms with van der Waals surface area (Å²) >= 11 is 0. The molecule has 29 heavy (non-hydrogen) atoms. The van der Waals surface area contributed by atoms with Crippen molar-refractivity contribution < 1.29 is 14.7 Å². The molecule has 1 fully saturated rings. The van der Waals surface area contributed by atoms with Crippen LogP contribution in [-0.4, -0.2) is 54.5 Å². The average Bonchev–Trinajstić information content (AvgIpc) is 3.37. The molecule has 0 unspecified atom stereocenters. The Morgan fingerprint density at radius 2 is 1.86 bits per heavy atom. The zero-order valence-electron chi connectivity index (χ0n) is 16.2. The van der Waals surface area contributed by atoms with Gasteiger partial charge in [0.25, 0.3) is 5.91 Å². The minimum atomic E-state index is -0.963. The number of carboxylic acids is 1. The summed E-state index contributed by atoms with van der Waals surface area (Å²) in [6.07, 6.45) is 6.50. The summed E-state index contributed by atoms with van der Waals surface area (Å²) in [5, 5.41) is 17.7. The molecule has 0 spiro atoms. The summed E-state index contributed by atoms with van der Waals surface area (Å²) in [4.78, 5) is 26.3. The van der Waals surface area contributed by atoms with Gasteiger partial charge in [-0.2, -0.15) is 10.2 Å². The standard InChI is InChI=1S/C21H23N5O3/c1-15-19(21(28)29)13-23-26(15)17-7-11-24(12-8-17)20(27)18-6-3-2-5-16(18)14-25-10-4-9-22-25/h2-6,9-10,13,17H,7-8,11-12,14H2,1H3,(H,28,29). The summed E-state index contributed by atoms with van der Waals surface area (Å²) in [5.41, 5.74) is 2.53. The van der Waals surface area contributed by atoms with Gasteiger partial charge in [0.2, 0.25) is 0 Å². The highest BCUT2D eigenvalue weighted by Gasteiger charge is 2.28. The lowest BCUT2D eigenvalue weighted by molar-refractivity contribution is 0.0687. The van der Waals surface area contributed by atoms with E-state index in [0.717, 1.165) is 18.4 Å². The maximum Gasteiger partial charge on any atom is 0.339 e. The van der Waals surface area contributed by atoms with E-state index in [-0.39, 0.29) is 17.5 Å². The summed E-state index contributed by atoms with van der Waals surface area (Å²) in [5.74, 6) is -0.940. The number of amides is 1. The molecule has 150 valence electrons. The van der Waals surface area contributed by atoms with Crippen molar-refractivity contribution in [3.05, 3.63) is 71.3 Å². The Bertz CT molecular complexity index is 1020. The number of piperidine rings is 1. The number of carbonyl (C=O) groups is 2. The number of likely N-dealkylation sites (tertiary alicyclic amines) is 1. The van der Waals surface area contributed by atoms with Gasteiger partial charge in [0.05, 0.1) is 24.5 Å². The van der Waals surface area contributed by atoms with E-state index in [4.69, 9.17) is 0 Å². The maximum atomic E-state index is 13.1. The van der Waals surface area contributed by atoms with Crippen molar-refractivity contribution in [1.82, 2.24) is 24.5 Å². The second-order valence-corrected chi connectivity index (χ2v) is 7.28. The van der Waals surface area contributed by atoms with E-state index in [1.165, 1.54) is 6.20 Å². The lowest BCUT2D eigenvalue weighted by atomic mass is 10.0. The molecule has 1 saturated heterocycles. The van der Waals surface area contributed by atoms with Gasteiger partial charge in [-0.05, 0) is 37.5 Å². The third kappa shape index (κ3) is 3.78. The Hall–Kier alpha value is -3.42. The van der Waals surface area contributed by atoms with Crippen molar-refractivity contribution >= 4 is 11.9 Å². The normalized spacial score (nSPS) is 14.9. The smallest absolute Gasteiger partial charge is 0.339 e. The number of hydrogen-bond acceptors (Lipinski definition) is 4. The maximum absolute atomic E-state index is 13.1. The molecule has 1 N–H and O–H groups in total. The Labute approximate surface area is 168 Å². The number of rotatable bonds is 5. The second-order valence-electron chi connectivity index (χ2n) is 7.28. The van der Waals surface area contributed by atoms with Crippen LogP contribution in [0.1, 0.15) is 50.9 Å². The second kappa shape index (κ2) is 7.90. The van der Waals surface area contributed by atoms with Crippen molar-refractivity contribution in [3.63, 3.8) is 0 Å². The van der Waals surface area contributed by atoms with E-state index in [1.807, 2.05) is 41.4 Å². The topological polar surface area (TPSA) is 93.3 Å². The number of carboxylic acid groups (broad SMARTS) is 1. The summed E-state index contributed by atoms with van der Waals surface area (Å²) in [6, 6.07) is 9.61. The molecule has 8 heteroatoms. The van der Waals surface area contributed by atoms with Crippen LogP contribution in [0, 0.1) is 6.92 Å². The van der Waals surface area contributed by atoms with Gasteiger partial charge in [0.1, 0.15) is 5.56 Å². The summed E-state index contributed by atoms with van der Waals surface area (Å²) < 4.78 is 3.59. The molecule has 1 aromatic carbocycles. The molecule has 1 amide bonds. The zero-order chi connectivity index (χ0) is 20.4. The van der Waals surface area contributed by atoms with Crippen molar-refractivity contribution in [1.29, 1.82) is 0 Å². The Kier molecular flexibility index (Phi) is 5.16. The van der Waals surface area contributed by atoms with E-state index >= 15 is 0 Å². The van der Waals surface area contributed by atoms with Crippen LogP contribution in [0.5, 0.6) is 0 Å². The molecular formula is C21H23N5O3. The van der Waals surface area contributed by atoms with Crippen LogP contribution in [0.3, 0.4) is 0 Å². The van der Waals surface area contributed by atoms with E-state index in [2.05, 4.69) is 10.2 Å². The number of carbonyl (C=O) groups excluding carboxylic acids is 1. The SMILES string of the molecule is Cc1c(C(=O)O)cnn1C1CCN(C(=O)c2ccccc2Cn2cccn2)CC1. The first-order valence-electron chi connectivity index (χ1n) is 9.66.